The van der Waals surface area contributed by atoms with Gasteiger partial charge in [-0.15, -0.1) is 0 Å². The first kappa shape index (κ1) is 22.7. The number of methoxy groups -OCH3 is 1. The Bertz CT molecular complexity index is 1150. The van der Waals surface area contributed by atoms with Crippen molar-refractivity contribution >= 4 is 11.9 Å². The molecule has 1 saturated heterocycles. The zero-order valence-electron chi connectivity index (χ0n) is 19.5. The summed E-state index contributed by atoms with van der Waals surface area (Å²) in [5.74, 6) is 1.05. The molecule has 9 heteroatoms. The molecule has 33 heavy (non-hydrogen) atoms. The fraction of sp³-hybridized carbons (Fsp3) is 0.458. The van der Waals surface area contributed by atoms with E-state index in [1.54, 1.807) is 6.92 Å². The molecule has 0 radical (unpaired) electrons. The third kappa shape index (κ3) is 4.81. The third-order valence-corrected chi connectivity index (χ3v) is 6.21. The van der Waals surface area contributed by atoms with Gasteiger partial charge in [-0.2, -0.15) is 10.1 Å². The smallest absolute Gasteiger partial charge is 0.305 e. The summed E-state index contributed by atoms with van der Waals surface area (Å²) < 4.78 is 11.9. The molecule has 4 rings (SSSR count). The minimum atomic E-state index is -0.237. The van der Waals surface area contributed by atoms with E-state index in [9.17, 15) is 9.59 Å². The number of esters is 1. The highest BCUT2D eigenvalue weighted by Gasteiger charge is 2.29. The molecule has 174 valence electrons. The lowest BCUT2D eigenvalue weighted by Gasteiger charge is -2.31. The lowest BCUT2D eigenvalue weighted by Crippen LogP contribution is -2.39. The van der Waals surface area contributed by atoms with Crippen LogP contribution < -0.4 is 0 Å². The van der Waals surface area contributed by atoms with Gasteiger partial charge in [0, 0.05) is 30.8 Å². The Labute approximate surface area is 192 Å². The molecular weight excluding hydrogens is 422 g/mol. The minimum Gasteiger partial charge on any atom is -0.469 e. The van der Waals surface area contributed by atoms with Gasteiger partial charge >= 0.3 is 5.97 Å². The molecule has 0 N–H and O–H groups in total. The van der Waals surface area contributed by atoms with Crippen LogP contribution in [0.1, 0.15) is 64.2 Å². The quantitative estimate of drug-likeness (QED) is 0.530. The van der Waals surface area contributed by atoms with E-state index < -0.39 is 0 Å². The molecule has 0 aliphatic carbocycles. The zero-order chi connectivity index (χ0) is 23.5. The molecule has 1 aromatic carbocycles. The number of hydrogen-bond acceptors (Lipinski definition) is 7. The first-order valence-electron chi connectivity index (χ1n) is 11.2. The number of benzene rings is 1. The van der Waals surface area contributed by atoms with Gasteiger partial charge in [-0.3, -0.25) is 9.59 Å². The van der Waals surface area contributed by atoms with Crippen molar-refractivity contribution in [3.63, 3.8) is 0 Å². The van der Waals surface area contributed by atoms with Crippen molar-refractivity contribution in [2.75, 3.05) is 20.2 Å². The second kappa shape index (κ2) is 9.56. The summed E-state index contributed by atoms with van der Waals surface area (Å²) >= 11 is 0. The summed E-state index contributed by atoms with van der Waals surface area (Å²) in [5, 5.41) is 8.52. The van der Waals surface area contributed by atoms with Gasteiger partial charge in [-0.05, 0) is 69.9 Å². The Hall–Kier alpha value is -3.49. The number of piperidine rings is 1. The maximum atomic E-state index is 13.1. The third-order valence-electron chi connectivity index (χ3n) is 6.21. The van der Waals surface area contributed by atoms with Crippen LogP contribution >= 0.6 is 0 Å². The van der Waals surface area contributed by atoms with E-state index in [4.69, 9.17) is 9.26 Å². The molecule has 1 aliphatic rings. The van der Waals surface area contributed by atoms with Crippen molar-refractivity contribution in [2.24, 2.45) is 0 Å². The van der Waals surface area contributed by atoms with Crippen molar-refractivity contribution in [1.29, 1.82) is 0 Å². The van der Waals surface area contributed by atoms with Crippen LogP contribution in [0.2, 0.25) is 0 Å². The van der Waals surface area contributed by atoms with E-state index in [0.29, 0.717) is 43.2 Å². The molecule has 2 aromatic heterocycles. The monoisotopic (exact) mass is 451 g/mol. The summed E-state index contributed by atoms with van der Waals surface area (Å²) in [4.78, 5) is 30.8. The second-order valence-electron chi connectivity index (χ2n) is 8.45. The van der Waals surface area contributed by atoms with Crippen molar-refractivity contribution < 1.29 is 18.8 Å². The molecule has 0 saturated carbocycles. The molecule has 1 atom stereocenters. The summed E-state index contributed by atoms with van der Waals surface area (Å²) in [6.45, 7) is 7.00. The summed E-state index contributed by atoms with van der Waals surface area (Å²) in [5.41, 5.74) is 4.40. The molecule has 0 spiro atoms. The Kier molecular flexibility index (Phi) is 6.57. The van der Waals surface area contributed by atoms with E-state index in [1.807, 2.05) is 47.7 Å². The Morgan fingerprint density at radius 1 is 1.18 bits per heavy atom. The van der Waals surface area contributed by atoms with E-state index in [0.717, 1.165) is 35.5 Å². The maximum Gasteiger partial charge on any atom is 0.305 e. The predicted octanol–water partition coefficient (Wildman–Crippen LogP) is 3.31. The standard InChI is InChI=1S/C24H29N5O4/c1-15-21(11-12-22(30)32-4)16(2)29(26-15)20-9-7-18(8-10-20)24(31)28-13-5-6-19(14-28)23-25-17(3)27-33-23/h7-10,19H,5-6,11-14H2,1-4H3. The Morgan fingerprint density at radius 3 is 2.61 bits per heavy atom. The number of rotatable bonds is 6. The van der Waals surface area contributed by atoms with Gasteiger partial charge in [-0.1, -0.05) is 5.16 Å². The first-order chi connectivity index (χ1) is 15.9. The lowest BCUT2D eigenvalue weighted by atomic mass is 9.97. The molecular formula is C24H29N5O4. The van der Waals surface area contributed by atoms with Crippen molar-refractivity contribution in [2.45, 2.75) is 52.4 Å². The lowest BCUT2D eigenvalue weighted by molar-refractivity contribution is -0.140. The van der Waals surface area contributed by atoms with Crippen LogP contribution in [0.25, 0.3) is 5.69 Å². The maximum absolute atomic E-state index is 13.1. The van der Waals surface area contributed by atoms with Gasteiger partial charge in [-0.25, -0.2) is 4.68 Å². The summed E-state index contributed by atoms with van der Waals surface area (Å²) in [6, 6.07) is 7.48. The molecule has 1 unspecified atom stereocenters. The van der Waals surface area contributed by atoms with E-state index >= 15 is 0 Å². The van der Waals surface area contributed by atoms with Crippen LogP contribution in [0.3, 0.4) is 0 Å². The highest BCUT2D eigenvalue weighted by Crippen LogP contribution is 2.27. The second-order valence-corrected chi connectivity index (χ2v) is 8.45. The van der Waals surface area contributed by atoms with Crippen LogP contribution in [-0.2, 0) is 16.0 Å². The number of ether oxygens (including phenoxy) is 1. The number of nitrogens with zero attached hydrogens (tertiary/aromatic N) is 5. The number of likely N-dealkylation sites (tertiary alicyclic amines) is 1. The van der Waals surface area contributed by atoms with E-state index in [-0.39, 0.29) is 17.8 Å². The van der Waals surface area contributed by atoms with Crippen molar-refractivity contribution in [1.82, 2.24) is 24.8 Å². The summed E-state index contributed by atoms with van der Waals surface area (Å²) in [6.07, 6.45) is 2.73. The Morgan fingerprint density at radius 2 is 1.94 bits per heavy atom. The fourth-order valence-corrected chi connectivity index (χ4v) is 4.39. The number of hydrogen-bond donors (Lipinski definition) is 0. The molecule has 1 aliphatic heterocycles. The predicted molar refractivity (Wildman–Crippen MR) is 120 cm³/mol. The van der Waals surface area contributed by atoms with Gasteiger partial charge in [0.15, 0.2) is 5.82 Å². The van der Waals surface area contributed by atoms with Gasteiger partial charge in [0.05, 0.1) is 24.4 Å². The van der Waals surface area contributed by atoms with Crippen LogP contribution in [0.4, 0.5) is 0 Å². The van der Waals surface area contributed by atoms with Crippen molar-refractivity contribution in [3.8, 4) is 5.69 Å². The van der Waals surface area contributed by atoms with Crippen LogP contribution in [0, 0.1) is 20.8 Å². The minimum absolute atomic E-state index is 0.00498. The molecule has 9 nitrogen and oxygen atoms in total. The Balaban J connectivity index is 1.47. The number of carbonyl (C=O) groups is 2. The largest absolute Gasteiger partial charge is 0.469 e. The normalized spacial score (nSPS) is 16.1. The average molecular weight is 452 g/mol. The molecule has 3 aromatic rings. The van der Waals surface area contributed by atoms with Crippen molar-refractivity contribution in [3.05, 3.63) is 58.5 Å². The molecule has 3 heterocycles. The van der Waals surface area contributed by atoms with Gasteiger partial charge in [0.2, 0.25) is 5.89 Å². The highest BCUT2D eigenvalue weighted by atomic mass is 16.5. The number of carbonyl (C=O) groups excluding carboxylic acids is 2. The fourth-order valence-electron chi connectivity index (χ4n) is 4.39. The van der Waals surface area contributed by atoms with Gasteiger partial charge in [0.1, 0.15) is 0 Å². The van der Waals surface area contributed by atoms with E-state index in [1.165, 1.54) is 7.11 Å². The zero-order valence-corrected chi connectivity index (χ0v) is 19.5. The molecule has 1 fully saturated rings. The van der Waals surface area contributed by atoms with Gasteiger partial charge in [0.25, 0.3) is 5.91 Å². The highest BCUT2D eigenvalue weighted by molar-refractivity contribution is 5.94. The van der Waals surface area contributed by atoms with Crippen LogP contribution in [0.5, 0.6) is 0 Å². The molecule has 1 amide bonds. The number of aromatic nitrogens is 4. The van der Waals surface area contributed by atoms with Gasteiger partial charge < -0.3 is 14.2 Å². The summed E-state index contributed by atoms with van der Waals surface area (Å²) in [7, 11) is 1.39. The number of aryl methyl sites for hydroxylation is 2. The van der Waals surface area contributed by atoms with Crippen LogP contribution in [-0.4, -0.2) is 56.9 Å². The first-order valence-corrected chi connectivity index (χ1v) is 11.2. The molecule has 0 bridgehead atoms. The van der Waals surface area contributed by atoms with Crippen LogP contribution in [0.15, 0.2) is 28.8 Å². The SMILES string of the molecule is COC(=O)CCc1c(C)nn(-c2ccc(C(=O)N3CCCC(c4nc(C)no4)C3)cc2)c1C. The van der Waals surface area contributed by atoms with E-state index in [2.05, 4.69) is 15.2 Å². The average Bonchev–Trinajstić information content (AvgIpc) is 3.39. The number of amides is 1. The topological polar surface area (TPSA) is 103 Å².